The SMILES string of the molecule is CCCCCC/C=C\CCCCCCCC(O)CC(=O)NC(COP(=O)(O)OC1C(O)C(O)C(O)C(O)C1O)C(O)/C=C/CC/C=C/CC/C=C/CCCCCCCCCCC. The van der Waals surface area contributed by atoms with Crippen molar-refractivity contribution in [2.75, 3.05) is 6.61 Å². The van der Waals surface area contributed by atoms with E-state index in [0.29, 0.717) is 19.3 Å². The van der Waals surface area contributed by atoms with Gasteiger partial charge in [-0.15, -0.1) is 0 Å². The second-order valence-corrected chi connectivity index (χ2v) is 18.5. The molecular weight excluding hydrogens is 813 g/mol. The number of hydrogen-bond donors (Lipinski definition) is 9. The fourth-order valence-corrected chi connectivity index (χ4v) is 8.35. The molecule has 0 spiro atoms. The maximum Gasteiger partial charge on any atom is 0.472 e. The molecule has 0 aromatic heterocycles. The van der Waals surface area contributed by atoms with Crippen molar-refractivity contribution in [3.63, 3.8) is 0 Å². The van der Waals surface area contributed by atoms with E-state index < -0.39 is 75.2 Å². The Morgan fingerprint density at radius 3 is 1.44 bits per heavy atom. The van der Waals surface area contributed by atoms with Gasteiger partial charge in [0.2, 0.25) is 5.91 Å². The van der Waals surface area contributed by atoms with Crippen LogP contribution in [0.2, 0.25) is 0 Å². The molecule has 0 aliphatic heterocycles. The van der Waals surface area contributed by atoms with Crippen molar-refractivity contribution < 1.29 is 59.0 Å². The van der Waals surface area contributed by atoms with Crippen molar-refractivity contribution in [3.05, 3.63) is 48.6 Å². The number of carbonyl (C=O) groups is 1. The minimum absolute atomic E-state index is 0.263. The van der Waals surface area contributed by atoms with Crippen LogP contribution in [0.4, 0.5) is 0 Å². The van der Waals surface area contributed by atoms with Gasteiger partial charge in [-0.05, 0) is 70.6 Å². The Bertz CT molecular complexity index is 1250. The molecule has 0 aromatic carbocycles. The number of allylic oxidation sites excluding steroid dienone is 7. The van der Waals surface area contributed by atoms with Gasteiger partial charge in [0, 0.05) is 0 Å². The van der Waals surface area contributed by atoms with Gasteiger partial charge in [-0.2, -0.15) is 0 Å². The average molecular weight is 902 g/mol. The molecule has 1 amide bonds. The van der Waals surface area contributed by atoms with E-state index >= 15 is 0 Å². The summed E-state index contributed by atoms with van der Waals surface area (Å²) in [6.45, 7) is 3.70. The summed E-state index contributed by atoms with van der Waals surface area (Å²) in [6.07, 6.45) is 30.6. The number of phosphoric acid groups is 1. The van der Waals surface area contributed by atoms with Crippen LogP contribution >= 0.6 is 7.82 Å². The highest BCUT2D eigenvalue weighted by atomic mass is 31.2. The molecule has 0 radical (unpaired) electrons. The number of unbranched alkanes of at least 4 members (excludes halogenated alkanes) is 20. The lowest BCUT2D eigenvalue weighted by Crippen LogP contribution is -2.64. The fraction of sp³-hybridized carbons (Fsp3) is 0.812. The molecule has 13 nitrogen and oxygen atoms in total. The number of carbonyl (C=O) groups excluding carboxylic acids is 1. The molecule has 9 N–H and O–H groups in total. The highest BCUT2D eigenvalue weighted by molar-refractivity contribution is 7.47. The summed E-state index contributed by atoms with van der Waals surface area (Å²) in [6, 6.07) is -1.27. The Kier molecular flexibility index (Phi) is 35.2. The summed E-state index contributed by atoms with van der Waals surface area (Å²) in [5, 5.41) is 74.5. The van der Waals surface area contributed by atoms with Gasteiger partial charge in [0.1, 0.15) is 36.6 Å². The predicted octanol–water partition coefficient (Wildman–Crippen LogP) is 8.31. The lowest BCUT2D eigenvalue weighted by molar-refractivity contribution is -0.220. The first-order valence-electron chi connectivity index (χ1n) is 24.2. The van der Waals surface area contributed by atoms with Crippen LogP contribution < -0.4 is 5.32 Å². The van der Waals surface area contributed by atoms with Gasteiger partial charge in [-0.25, -0.2) is 4.57 Å². The van der Waals surface area contributed by atoms with E-state index in [1.54, 1.807) is 6.08 Å². The van der Waals surface area contributed by atoms with E-state index in [2.05, 4.69) is 55.6 Å². The fourth-order valence-electron chi connectivity index (χ4n) is 7.38. The van der Waals surface area contributed by atoms with Gasteiger partial charge < -0.3 is 46.0 Å². The van der Waals surface area contributed by atoms with Crippen LogP contribution in [0.3, 0.4) is 0 Å². The minimum Gasteiger partial charge on any atom is -0.393 e. The number of aliphatic hydroxyl groups is 7. The summed E-state index contributed by atoms with van der Waals surface area (Å²) in [5.74, 6) is -0.614. The number of aliphatic hydroxyl groups excluding tert-OH is 7. The summed E-state index contributed by atoms with van der Waals surface area (Å²) in [7, 11) is -5.16. The molecular formula is C48H88NO12P. The second-order valence-electron chi connectivity index (χ2n) is 17.1. The predicted molar refractivity (Wildman–Crippen MR) is 247 cm³/mol. The first-order valence-corrected chi connectivity index (χ1v) is 25.7. The van der Waals surface area contributed by atoms with Gasteiger partial charge in [0.05, 0.1) is 31.3 Å². The Morgan fingerprint density at radius 1 is 0.565 bits per heavy atom. The monoisotopic (exact) mass is 902 g/mol. The first kappa shape index (κ1) is 58.3. The van der Waals surface area contributed by atoms with Crippen LogP contribution in [0.25, 0.3) is 0 Å². The number of phosphoric ester groups is 1. The first-order chi connectivity index (χ1) is 29.8. The lowest BCUT2D eigenvalue weighted by Gasteiger charge is -2.41. The Hall–Kier alpha value is -1.74. The van der Waals surface area contributed by atoms with E-state index in [9.17, 15) is 50.0 Å². The standard InChI is InChI=1S/C48H88NO12P/c1-3-5-7-9-11-13-15-17-18-19-20-21-22-24-26-28-30-32-34-36-41(51)40(38-60-62(58,59)61-48-46(56)44(54)43(53)45(55)47(48)57)49-42(52)37-39(50)35-33-31-29-27-25-23-16-14-12-10-8-6-4-2/h14,16,20-21,26,28,34,36,39-41,43-48,50-51,53-57H,3-13,15,17-19,22-25,27,29-33,35,37-38H2,1-2H3,(H,49,52)(H,58,59)/b16-14-,21-20+,28-26+,36-34+. The molecule has 1 fully saturated rings. The van der Waals surface area contributed by atoms with Gasteiger partial charge >= 0.3 is 7.82 Å². The number of nitrogens with one attached hydrogen (secondary N) is 1. The smallest absolute Gasteiger partial charge is 0.393 e. The summed E-state index contributed by atoms with van der Waals surface area (Å²) < 4.78 is 22.9. The van der Waals surface area contributed by atoms with Crippen molar-refractivity contribution >= 4 is 13.7 Å². The van der Waals surface area contributed by atoms with Gasteiger partial charge in [0.15, 0.2) is 0 Å². The van der Waals surface area contributed by atoms with E-state index in [-0.39, 0.29) is 6.42 Å². The third kappa shape index (κ3) is 28.9. The third-order valence-electron chi connectivity index (χ3n) is 11.4. The maximum absolute atomic E-state index is 13.0. The van der Waals surface area contributed by atoms with Crippen molar-refractivity contribution in [1.29, 1.82) is 0 Å². The number of rotatable bonds is 39. The topological polar surface area (TPSA) is 226 Å². The molecule has 14 heteroatoms. The molecule has 0 bridgehead atoms. The van der Waals surface area contributed by atoms with E-state index in [1.165, 1.54) is 89.5 Å². The molecule has 1 rings (SSSR count). The maximum atomic E-state index is 13.0. The van der Waals surface area contributed by atoms with Crippen LogP contribution in [-0.2, 0) is 18.4 Å². The van der Waals surface area contributed by atoms with Crippen molar-refractivity contribution in [1.82, 2.24) is 5.32 Å². The molecule has 1 saturated carbocycles. The molecule has 0 aromatic rings. The molecule has 1 aliphatic carbocycles. The molecule has 8 unspecified atom stereocenters. The zero-order valence-electron chi connectivity index (χ0n) is 38.3. The minimum atomic E-state index is -5.16. The normalized spacial score (nSPS) is 23.5. The van der Waals surface area contributed by atoms with Gasteiger partial charge in [-0.1, -0.05) is 159 Å². The molecule has 362 valence electrons. The van der Waals surface area contributed by atoms with Crippen molar-refractivity contribution in [3.8, 4) is 0 Å². The van der Waals surface area contributed by atoms with E-state index in [0.717, 1.165) is 64.2 Å². The van der Waals surface area contributed by atoms with E-state index in [1.807, 2.05) is 0 Å². The summed E-state index contributed by atoms with van der Waals surface area (Å²) >= 11 is 0. The summed E-state index contributed by atoms with van der Waals surface area (Å²) in [4.78, 5) is 23.4. The Balaban J connectivity index is 2.58. The zero-order valence-corrected chi connectivity index (χ0v) is 39.2. The molecule has 8 atom stereocenters. The molecule has 1 aliphatic rings. The average Bonchev–Trinajstić information content (AvgIpc) is 3.24. The molecule has 0 saturated heterocycles. The second kappa shape index (κ2) is 37.5. The third-order valence-corrected chi connectivity index (χ3v) is 12.3. The van der Waals surface area contributed by atoms with Gasteiger partial charge in [-0.3, -0.25) is 13.8 Å². The lowest BCUT2D eigenvalue weighted by atomic mass is 9.85. The highest BCUT2D eigenvalue weighted by Gasteiger charge is 2.51. The van der Waals surface area contributed by atoms with Crippen LogP contribution in [0, 0.1) is 0 Å². The van der Waals surface area contributed by atoms with Crippen LogP contribution in [0.1, 0.15) is 187 Å². The number of hydrogen-bond acceptors (Lipinski definition) is 11. The molecule has 62 heavy (non-hydrogen) atoms. The van der Waals surface area contributed by atoms with Crippen LogP contribution in [0.5, 0.6) is 0 Å². The van der Waals surface area contributed by atoms with Crippen LogP contribution in [0.15, 0.2) is 48.6 Å². The Labute approximate surface area is 374 Å². The number of amides is 1. The van der Waals surface area contributed by atoms with Crippen molar-refractivity contribution in [2.45, 2.75) is 242 Å². The van der Waals surface area contributed by atoms with Gasteiger partial charge in [0.25, 0.3) is 0 Å². The largest absolute Gasteiger partial charge is 0.472 e. The quantitative estimate of drug-likeness (QED) is 0.0161. The summed E-state index contributed by atoms with van der Waals surface area (Å²) in [5.41, 5.74) is 0. The van der Waals surface area contributed by atoms with E-state index in [4.69, 9.17) is 9.05 Å². The molecule has 0 heterocycles. The van der Waals surface area contributed by atoms with Crippen molar-refractivity contribution in [2.24, 2.45) is 0 Å². The Morgan fingerprint density at radius 2 is 0.952 bits per heavy atom. The zero-order chi connectivity index (χ0) is 45.9. The van der Waals surface area contributed by atoms with Crippen LogP contribution in [-0.4, -0.2) is 108 Å². The highest BCUT2D eigenvalue weighted by Crippen LogP contribution is 2.47.